The van der Waals surface area contributed by atoms with Gasteiger partial charge >= 0.3 is 12.0 Å². The molecule has 0 saturated carbocycles. The molecule has 0 N–H and O–H groups in total. The van der Waals surface area contributed by atoms with E-state index in [1.165, 1.54) is 0 Å². The average Bonchev–Trinajstić information content (AvgIpc) is 2.27. The summed E-state index contributed by atoms with van der Waals surface area (Å²) < 4.78 is 24.7. The van der Waals surface area contributed by atoms with Gasteiger partial charge in [0.05, 0.1) is 11.2 Å². The fourth-order valence-electron chi connectivity index (χ4n) is 1.71. The Morgan fingerprint density at radius 3 is 2.00 bits per heavy atom. The van der Waals surface area contributed by atoms with Gasteiger partial charge in [-0.25, -0.2) is 0 Å². The lowest BCUT2D eigenvalue weighted by molar-refractivity contribution is -0.140. The lowest BCUT2D eigenvalue weighted by Crippen LogP contribution is -2.07. The van der Waals surface area contributed by atoms with Crippen LogP contribution in [0, 0.1) is 0 Å². The Labute approximate surface area is 130 Å². The lowest BCUT2D eigenvalue weighted by Gasteiger charge is -2.06. The molecule has 0 unspecified atom stereocenters. The van der Waals surface area contributed by atoms with Crippen molar-refractivity contribution >= 4 is 45.2 Å². The minimum Gasteiger partial charge on any atom is -0.469 e. The van der Waals surface area contributed by atoms with E-state index in [0.29, 0.717) is 6.42 Å². The van der Waals surface area contributed by atoms with Crippen LogP contribution in [0.3, 0.4) is 0 Å². The van der Waals surface area contributed by atoms with Crippen LogP contribution in [0.1, 0.15) is 61.9 Å². The van der Waals surface area contributed by atoms with E-state index < -0.39 is 19.0 Å². The van der Waals surface area contributed by atoms with Crippen LogP contribution >= 0.6 is 33.2 Å². The van der Waals surface area contributed by atoms with Crippen LogP contribution in [0.2, 0.25) is 6.04 Å². The first kappa shape index (κ1) is 13.5. The maximum atomic E-state index is 11.1. The van der Waals surface area contributed by atoms with Gasteiger partial charge < -0.3 is 4.74 Å². The van der Waals surface area contributed by atoms with Crippen molar-refractivity contribution in [2.75, 3.05) is 7.04 Å². The first-order valence-electron chi connectivity index (χ1n) is 7.89. The molecule has 0 heterocycles. The fraction of sp³-hybridized carbons (Fsp3) is 0.917. The van der Waals surface area contributed by atoms with Crippen LogP contribution in [-0.4, -0.2) is 19.0 Å². The highest BCUT2D eigenvalue weighted by atomic mass is 35.8. The highest BCUT2D eigenvalue weighted by Gasteiger charge is 2.23. The van der Waals surface area contributed by atoms with Gasteiger partial charge in [0, 0.05) is 6.42 Å². The van der Waals surface area contributed by atoms with Gasteiger partial charge in [-0.2, -0.15) is 0 Å². The number of halogens is 3. The zero-order valence-corrected chi connectivity index (χ0v) is 13.8. The number of hydrogen-bond acceptors (Lipinski definition) is 2. The van der Waals surface area contributed by atoms with Crippen LogP contribution in [0.4, 0.5) is 0 Å². The molecule has 0 spiro atoms. The van der Waals surface area contributed by atoms with Crippen LogP contribution < -0.4 is 0 Å². The molecule has 0 fully saturated rings. The molecule has 0 saturated heterocycles. The molecule has 2 nitrogen and oxygen atoms in total. The summed E-state index contributed by atoms with van der Waals surface area (Å²) in [5.74, 6) is -0.647. The van der Waals surface area contributed by atoms with Gasteiger partial charge in [-0.15, -0.1) is 33.2 Å². The summed E-state index contributed by atoms with van der Waals surface area (Å²) in [7, 11) is -2.62. The van der Waals surface area contributed by atoms with Gasteiger partial charge in [0.1, 0.15) is 0 Å². The van der Waals surface area contributed by atoms with Gasteiger partial charge in [0.15, 0.2) is 0 Å². The SMILES string of the molecule is [2H]C([2H])([2H])OC(=O)CCCCCCCCCC[Si](Cl)(Cl)Cl. The summed E-state index contributed by atoms with van der Waals surface area (Å²) >= 11 is 17.4. The van der Waals surface area contributed by atoms with Gasteiger partial charge in [0.25, 0.3) is 0 Å². The minimum atomic E-state index is -2.62. The Kier molecular flexibility index (Phi) is 8.56. The Morgan fingerprint density at radius 2 is 1.50 bits per heavy atom. The molecule has 0 aliphatic heterocycles. The lowest BCUT2D eigenvalue weighted by atomic mass is 10.1. The molecule has 0 aromatic carbocycles. The third kappa shape index (κ3) is 14.6. The summed E-state index contributed by atoms with van der Waals surface area (Å²) in [6.07, 6.45) is 8.25. The summed E-state index contributed by atoms with van der Waals surface area (Å²) in [6.45, 7) is 0. The maximum absolute atomic E-state index is 11.1. The van der Waals surface area contributed by atoms with Crippen molar-refractivity contribution in [2.24, 2.45) is 0 Å². The number of rotatable bonds is 11. The molecular formula is C12H23Cl3O2Si. The quantitative estimate of drug-likeness (QED) is 0.221. The van der Waals surface area contributed by atoms with E-state index in [1.54, 1.807) is 0 Å². The molecule has 0 radical (unpaired) electrons. The summed E-state index contributed by atoms with van der Waals surface area (Å²) in [6, 6.07) is -1.71. The van der Waals surface area contributed by atoms with Crippen LogP contribution in [0.25, 0.3) is 0 Å². The van der Waals surface area contributed by atoms with Crippen LogP contribution in [-0.2, 0) is 9.53 Å². The number of hydrogen-bond donors (Lipinski definition) is 0. The molecule has 0 aliphatic carbocycles. The number of carbonyl (C=O) groups excluding carboxylic acids is 1. The van der Waals surface area contributed by atoms with Gasteiger partial charge in [-0.3, -0.25) is 4.79 Å². The molecule has 0 atom stereocenters. The predicted octanol–water partition coefficient (Wildman–Crippen LogP) is 5.33. The van der Waals surface area contributed by atoms with E-state index >= 15 is 0 Å². The Morgan fingerprint density at radius 1 is 1.00 bits per heavy atom. The normalized spacial score (nSPS) is 14.7. The van der Waals surface area contributed by atoms with Gasteiger partial charge in [0.2, 0.25) is 0 Å². The van der Waals surface area contributed by atoms with Crippen molar-refractivity contribution in [2.45, 2.75) is 63.8 Å². The molecule has 0 amide bonds. The number of unbranched alkanes of at least 4 members (excludes halogenated alkanes) is 7. The van der Waals surface area contributed by atoms with E-state index in [9.17, 15) is 4.79 Å². The zero-order chi connectivity index (χ0) is 16.4. The Balaban J connectivity index is 3.28. The summed E-state index contributed by atoms with van der Waals surface area (Å²) in [4.78, 5) is 11.1. The summed E-state index contributed by atoms with van der Waals surface area (Å²) in [5.41, 5.74) is 0. The second-order valence-corrected chi connectivity index (χ2v) is 13.7. The van der Waals surface area contributed by atoms with E-state index in [0.717, 1.165) is 51.0 Å². The molecule has 0 aromatic rings. The zero-order valence-electron chi connectivity index (χ0n) is 13.5. The minimum absolute atomic E-state index is 0.173. The van der Waals surface area contributed by atoms with Crippen molar-refractivity contribution in [1.29, 1.82) is 0 Å². The van der Waals surface area contributed by atoms with E-state index in [2.05, 4.69) is 4.74 Å². The summed E-state index contributed by atoms with van der Waals surface area (Å²) in [5, 5.41) is 0. The number of carbonyl (C=O) groups is 1. The van der Waals surface area contributed by atoms with E-state index in [4.69, 9.17) is 37.3 Å². The highest BCUT2D eigenvalue weighted by Crippen LogP contribution is 2.27. The molecule has 108 valence electrons. The van der Waals surface area contributed by atoms with Crippen molar-refractivity contribution in [3.63, 3.8) is 0 Å². The standard InChI is InChI=1S/C12H23Cl3O2Si/c1-17-12(16)10-8-6-4-2-3-5-7-9-11-18(13,14)15/h2-11H2,1H3/i1D3. The number of ether oxygens (including phenoxy) is 1. The second-order valence-electron chi connectivity index (χ2n) is 4.42. The number of methoxy groups -OCH3 is 1. The van der Waals surface area contributed by atoms with Crippen LogP contribution in [0.5, 0.6) is 0 Å². The molecule has 6 heteroatoms. The van der Waals surface area contributed by atoms with Crippen molar-refractivity contribution in [1.82, 2.24) is 0 Å². The third-order valence-electron chi connectivity index (χ3n) is 2.70. The largest absolute Gasteiger partial charge is 0.469 e. The van der Waals surface area contributed by atoms with E-state index in [1.807, 2.05) is 0 Å². The number of esters is 1. The molecule has 0 rings (SSSR count). The average molecular weight is 337 g/mol. The monoisotopic (exact) mass is 335 g/mol. The third-order valence-corrected chi connectivity index (χ3v) is 5.33. The molecule has 0 aromatic heterocycles. The molecular weight excluding hydrogens is 311 g/mol. The molecule has 0 aliphatic rings. The highest BCUT2D eigenvalue weighted by molar-refractivity contribution is 7.64. The Bertz CT molecular complexity index is 296. The Hall–Kier alpha value is 0.557. The predicted molar refractivity (Wildman–Crippen MR) is 81.7 cm³/mol. The topological polar surface area (TPSA) is 26.3 Å². The smallest absolute Gasteiger partial charge is 0.341 e. The maximum Gasteiger partial charge on any atom is 0.341 e. The first-order chi connectivity index (χ1) is 9.60. The fourth-order valence-corrected chi connectivity index (χ4v) is 3.56. The molecule has 18 heavy (non-hydrogen) atoms. The van der Waals surface area contributed by atoms with Crippen molar-refractivity contribution in [3.05, 3.63) is 0 Å². The van der Waals surface area contributed by atoms with Crippen LogP contribution in [0.15, 0.2) is 0 Å². The van der Waals surface area contributed by atoms with Crippen molar-refractivity contribution < 1.29 is 13.6 Å². The van der Waals surface area contributed by atoms with Gasteiger partial charge in [-0.05, 0) is 12.5 Å². The molecule has 0 bridgehead atoms. The second kappa shape index (κ2) is 11.4. The van der Waals surface area contributed by atoms with E-state index in [-0.39, 0.29) is 6.42 Å². The van der Waals surface area contributed by atoms with Crippen molar-refractivity contribution in [3.8, 4) is 0 Å². The van der Waals surface area contributed by atoms with Gasteiger partial charge in [-0.1, -0.05) is 44.9 Å². The first-order valence-corrected chi connectivity index (χ1v) is 11.6.